The molecule has 0 bridgehead atoms. The van der Waals surface area contributed by atoms with Crippen molar-refractivity contribution in [2.24, 2.45) is 0 Å². The molecule has 0 aliphatic heterocycles. The van der Waals surface area contributed by atoms with Crippen molar-refractivity contribution >= 4 is 5.78 Å². The van der Waals surface area contributed by atoms with Crippen LogP contribution in [0.5, 0.6) is 5.88 Å². The summed E-state index contributed by atoms with van der Waals surface area (Å²) in [6, 6.07) is 10.9. The molecule has 1 aromatic carbocycles. The van der Waals surface area contributed by atoms with Gasteiger partial charge in [0.1, 0.15) is 13.2 Å². The highest BCUT2D eigenvalue weighted by Crippen LogP contribution is 2.13. The molecular formula is C12H11NO4. The molecule has 0 unspecified atom stereocenters. The maximum Gasteiger partial charge on any atom is 0.255 e. The molecule has 5 nitrogen and oxygen atoms in total. The van der Waals surface area contributed by atoms with Gasteiger partial charge in [0, 0.05) is 0 Å². The Hall–Kier alpha value is -2.14. The number of carbonyl (C=O) groups is 1. The topological polar surface area (TPSA) is 72.6 Å². The van der Waals surface area contributed by atoms with Gasteiger partial charge in [-0.2, -0.15) is 0 Å². The van der Waals surface area contributed by atoms with E-state index in [-0.39, 0.29) is 11.6 Å². The highest BCUT2D eigenvalue weighted by molar-refractivity contribution is 5.94. The van der Waals surface area contributed by atoms with Crippen molar-refractivity contribution in [2.75, 3.05) is 6.61 Å². The summed E-state index contributed by atoms with van der Waals surface area (Å²) in [5.74, 6) is -0.298. The lowest BCUT2D eigenvalue weighted by molar-refractivity contribution is 0.0866. The van der Waals surface area contributed by atoms with Crippen LogP contribution < -0.4 is 4.74 Å². The second-order valence-corrected chi connectivity index (χ2v) is 3.38. The highest BCUT2D eigenvalue weighted by Gasteiger charge is 2.12. The Morgan fingerprint density at radius 2 is 2.12 bits per heavy atom. The number of aliphatic hydroxyl groups excluding tert-OH is 1. The Morgan fingerprint density at radius 1 is 1.35 bits per heavy atom. The maximum atomic E-state index is 11.1. The van der Waals surface area contributed by atoms with Crippen molar-refractivity contribution < 1.29 is 19.2 Å². The molecule has 0 atom stereocenters. The molecule has 0 aliphatic rings. The quantitative estimate of drug-likeness (QED) is 0.791. The predicted octanol–water partition coefficient (Wildman–Crippen LogP) is 1.43. The van der Waals surface area contributed by atoms with Crippen molar-refractivity contribution in [3.05, 3.63) is 47.7 Å². The number of carbonyl (C=O) groups excluding carboxylic acids is 1. The minimum atomic E-state index is -0.604. The molecule has 0 fully saturated rings. The summed E-state index contributed by atoms with van der Waals surface area (Å²) in [7, 11) is 0. The van der Waals surface area contributed by atoms with Gasteiger partial charge in [-0.05, 0) is 10.7 Å². The van der Waals surface area contributed by atoms with Crippen LogP contribution in [0.4, 0.5) is 0 Å². The van der Waals surface area contributed by atoms with E-state index < -0.39 is 12.4 Å². The Morgan fingerprint density at radius 3 is 2.82 bits per heavy atom. The van der Waals surface area contributed by atoms with Crippen LogP contribution in [0, 0.1) is 0 Å². The summed E-state index contributed by atoms with van der Waals surface area (Å²) >= 11 is 0. The standard InChI is InChI=1S/C12H11NO4/c14-7-10(15)11-6-12(13-17-11)16-8-9-4-2-1-3-5-9/h1-6,14H,7-8H2. The molecule has 1 aromatic heterocycles. The first-order chi connectivity index (χ1) is 8.29. The fourth-order valence-corrected chi connectivity index (χ4v) is 1.27. The van der Waals surface area contributed by atoms with Crippen LogP contribution in [0.25, 0.3) is 0 Å². The summed E-state index contributed by atoms with van der Waals surface area (Å²) in [5, 5.41) is 12.2. The number of benzene rings is 1. The summed E-state index contributed by atoms with van der Waals surface area (Å²) in [4.78, 5) is 11.1. The number of aromatic nitrogens is 1. The third-order valence-corrected chi connectivity index (χ3v) is 2.14. The molecule has 2 rings (SSSR count). The fourth-order valence-electron chi connectivity index (χ4n) is 1.27. The number of nitrogens with zero attached hydrogens (tertiary/aromatic N) is 1. The van der Waals surface area contributed by atoms with Crippen molar-refractivity contribution in [3.8, 4) is 5.88 Å². The van der Waals surface area contributed by atoms with Crippen molar-refractivity contribution in [3.63, 3.8) is 0 Å². The number of hydrogen-bond acceptors (Lipinski definition) is 5. The molecule has 0 aliphatic carbocycles. The van der Waals surface area contributed by atoms with Gasteiger partial charge in [-0.3, -0.25) is 4.79 Å². The molecule has 17 heavy (non-hydrogen) atoms. The lowest BCUT2D eigenvalue weighted by Gasteiger charge is -2.00. The van der Waals surface area contributed by atoms with E-state index >= 15 is 0 Å². The van der Waals surface area contributed by atoms with Crippen molar-refractivity contribution in [1.82, 2.24) is 5.16 Å². The number of hydrogen-bond donors (Lipinski definition) is 1. The number of ether oxygens (including phenoxy) is 1. The summed E-state index contributed by atoms with van der Waals surface area (Å²) in [5.41, 5.74) is 0.991. The molecule has 0 amide bonds. The van der Waals surface area contributed by atoms with E-state index in [1.807, 2.05) is 30.3 Å². The van der Waals surface area contributed by atoms with Crippen LogP contribution in [-0.4, -0.2) is 22.7 Å². The first-order valence-electron chi connectivity index (χ1n) is 5.07. The Bertz CT molecular complexity index is 492. The SMILES string of the molecule is O=C(CO)c1cc(OCc2ccccc2)no1. The van der Waals surface area contributed by atoms with Crippen LogP contribution in [-0.2, 0) is 6.61 Å². The van der Waals surface area contributed by atoms with E-state index in [1.165, 1.54) is 6.07 Å². The molecule has 0 radical (unpaired) electrons. The van der Waals surface area contributed by atoms with Gasteiger partial charge in [0.15, 0.2) is 0 Å². The first-order valence-corrected chi connectivity index (χ1v) is 5.07. The van der Waals surface area contributed by atoms with Gasteiger partial charge in [0.25, 0.3) is 5.88 Å². The van der Waals surface area contributed by atoms with Crippen LogP contribution in [0.15, 0.2) is 40.9 Å². The molecule has 88 valence electrons. The van der Waals surface area contributed by atoms with E-state index in [2.05, 4.69) is 5.16 Å². The zero-order chi connectivity index (χ0) is 12.1. The molecular weight excluding hydrogens is 222 g/mol. The second kappa shape index (κ2) is 5.27. The Kier molecular flexibility index (Phi) is 3.52. The van der Waals surface area contributed by atoms with E-state index in [0.717, 1.165) is 5.56 Å². The van der Waals surface area contributed by atoms with E-state index in [9.17, 15) is 4.79 Å². The lowest BCUT2D eigenvalue weighted by Crippen LogP contribution is -2.02. The summed E-state index contributed by atoms with van der Waals surface area (Å²) < 4.78 is 10.0. The molecule has 0 saturated carbocycles. The average molecular weight is 233 g/mol. The third kappa shape index (κ3) is 2.92. The molecule has 1 heterocycles. The average Bonchev–Trinajstić information content (AvgIpc) is 2.85. The Labute approximate surface area is 97.6 Å². The van der Waals surface area contributed by atoms with Gasteiger partial charge in [-0.15, -0.1) is 0 Å². The zero-order valence-electron chi connectivity index (χ0n) is 9.00. The van der Waals surface area contributed by atoms with Gasteiger partial charge < -0.3 is 14.4 Å². The number of ketones is 1. The monoisotopic (exact) mass is 233 g/mol. The first kappa shape index (κ1) is 11.3. The fraction of sp³-hybridized carbons (Fsp3) is 0.167. The molecule has 1 N–H and O–H groups in total. The van der Waals surface area contributed by atoms with Gasteiger partial charge in [0.05, 0.1) is 6.07 Å². The van der Waals surface area contributed by atoms with Gasteiger partial charge in [0.2, 0.25) is 11.5 Å². The second-order valence-electron chi connectivity index (χ2n) is 3.38. The lowest BCUT2D eigenvalue weighted by atomic mass is 10.2. The summed E-state index contributed by atoms with van der Waals surface area (Å²) in [6.45, 7) is -0.257. The van der Waals surface area contributed by atoms with Crippen molar-refractivity contribution in [2.45, 2.75) is 6.61 Å². The van der Waals surface area contributed by atoms with Gasteiger partial charge in [-0.25, -0.2) is 0 Å². The summed E-state index contributed by atoms with van der Waals surface area (Å²) in [6.07, 6.45) is 0. The molecule has 5 heteroatoms. The number of aliphatic hydroxyl groups is 1. The highest BCUT2D eigenvalue weighted by atomic mass is 16.5. The number of rotatable bonds is 5. The van der Waals surface area contributed by atoms with E-state index in [0.29, 0.717) is 6.61 Å². The predicted molar refractivity (Wildman–Crippen MR) is 58.7 cm³/mol. The number of Topliss-reactive ketones (excluding diaryl/α,β-unsaturated/α-hetero) is 1. The van der Waals surface area contributed by atoms with Gasteiger partial charge >= 0.3 is 0 Å². The van der Waals surface area contributed by atoms with Crippen LogP contribution >= 0.6 is 0 Å². The zero-order valence-corrected chi connectivity index (χ0v) is 9.00. The van der Waals surface area contributed by atoms with Crippen LogP contribution in [0.3, 0.4) is 0 Å². The molecule has 0 saturated heterocycles. The van der Waals surface area contributed by atoms with Crippen LogP contribution in [0.2, 0.25) is 0 Å². The normalized spacial score (nSPS) is 10.2. The van der Waals surface area contributed by atoms with Gasteiger partial charge in [-0.1, -0.05) is 30.3 Å². The largest absolute Gasteiger partial charge is 0.471 e. The van der Waals surface area contributed by atoms with Crippen molar-refractivity contribution in [1.29, 1.82) is 0 Å². The minimum Gasteiger partial charge on any atom is -0.471 e. The molecule has 0 spiro atoms. The van der Waals surface area contributed by atoms with Crippen LogP contribution in [0.1, 0.15) is 16.1 Å². The Balaban J connectivity index is 1.96. The van der Waals surface area contributed by atoms with E-state index in [1.54, 1.807) is 0 Å². The molecule has 2 aromatic rings. The van der Waals surface area contributed by atoms with E-state index in [4.69, 9.17) is 14.4 Å². The third-order valence-electron chi connectivity index (χ3n) is 2.14. The minimum absolute atomic E-state index is 0.00411. The smallest absolute Gasteiger partial charge is 0.255 e. The maximum absolute atomic E-state index is 11.1.